The molecule has 0 unspecified atom stereocenters. The minimum atomic E-state index is 0.0353. The van der Waals surface area contributed by atoms with Crippen molar-refractivity contribution in [2.24, 2.45) is 0 Å². The molecule has 0 spiro atoms. The Morgan fingerprint density at radius 3 is 2.64 bits per heavy atom. The van der Waals surface area contributed by atoms with Crippen molar-refractivity contribution in [2.45, 2.75) is 26.7 Å². The number of hydrogen-bond acceptors (Lipinski definition) is 2. The third-order valence-electron chi connectivity index (χ3n) is 2.58. The fourth-order valence-corrected chi connectivity index (χ4v) is 1.80. The first kappa shape index (κ1) is 9.13. The summed E-state index contributed by atoms with van der Waals surface area (Å²) in [7, 11) is 0. The molecule has 1 heterocycles. The predicted octanol–water partition coefficient (Wildman–Crippen LogP) is 3.57. The van der Waals surface area contributed by atoms with Gasteiger partial charge in [-0.05, 0) is 24.5 Å². The van der Waals surface area contributed by atoms with E-state index in [9.17, 15) is 5.11 Å². The molecule has 2 nitrogen and oxygen atoms in total. The summed E-state index contributed by atoms with van der Waals surface area (Å²) in [4.78, 5) is 0. The van der Waals surface area contributed by atoms with E-state index in [-0.39, 0.29) is 5.95 Å². The van der Waals surface area contributed by atoms with Crippen LogP contribution in [-0.4, -0.2) is 5.11 Å². The minimum absolute atomic E-state index is 0.0353. The molecule has 0 amide bonds. The zero-order valence-corrected chi connectivity index (χ0v) is 8.66. The van der Waals surface area contributed by atoms with Crippen LogP contribution in [0.1, 0.15) is 30.9 Å². The van der Waals surface area contributed by atoms with Crippen LogP contribution < -0.4 is 0 Å². The lowest BCUT2D eigenvalue weighted by molar-refractivity contribution is 0.343. The summed E-state index contributed by atoms with van der Waals surface area (Å²) in [5.41, 5.74) is 2.83. The maximum atomic E-state index is 9.48. The molecule has 0 aliphatic heterocycles. The molecule has 2 aromatic rings. The number of rotatable bonds is 1. The van der Waals surface area contributed by atoms with E-state index in [0.717, 1.165) is 16.5 Å². The molecule has 2 rings (SSSR count). The maximum Gasteiger partial charge on any atom is 0.286 e. The van der Waals surface area contributed by atoms with Crippen molar-refractivity contribution in [2.75, 3.05) is 0 Å². The van der Waals surface area contributed by atoms with Gasteiger partial charge in [0.2, 0.25) is 0 Å². The van der Waals surface area contributed by atoms with Gasteiger partial charge in [-0.3, -0.25) is 0 Å². The van der Waals surface area contributed by atoms with Crippen LogP contribution in [0, 0.1) is 6.92 Å². The largest absolute Gasteiger partial charge is 0.480 e. The molecule has 2 heteroatoms. The minimum Gasteiger partial charge on any atom is -0.480 e. The second-order valence-corrected chi connectivity index (χ2v) is 3.91. The second-order valence-electron chi connectivity index (χ2n) is 3.91. The van der Waals surface area contributed by atoms with Crippen molar-refractivity contribution >= 4 is 11.0 Å². The molecular weight excluding hydrogens is 176 g/mol. The molecule has 0 aliphatic rings. The van der Waals surface area contributed by atoms with Crippen LogP contribution in [-0.2, 0) is 0 Å². The fourth-order valence-electron chi connectivity index (χ4n) is 1.80. The van der Waals surface area contributed by atoms with Crippen LogP contribution in [0.3, 0.4) is 0 Å². The van der Waals surface area contributed by atoms with Crippen LogP contribution in [0.25, 0.3) is 11.0 Å². The third kappa shape index (κ3) is 1.18. The number of benzene rings is 1. The summed E-state index contributed by atoms with van der Waals surface area (Å²) >= 11 is 0. The molecule has 0 fully saturated rings. The third-order valence-corrected chi connectivity index (χ3v) is 2.58. The normalized spacial score (nSPS) is 11.4. The van der Waals surface area contributed by atoms with E-state index in [1.165, 1.54) is 5.56 Å². The highest BCUT2D eigenvalue weighted by Crippen LogP contribution is 2.35. The van der Waals surface area contributed by atoms with Gasteiger partial charge in [-0.25, -0.2) is 0 Å². The Hall–Kier alpha value is -1.44. The number of fused-ring (bicyclic) bond motifs is 1. The Bertz CT molecular complexity index is 466. The highest BCUT2D eigenvalue weighted by atomic mass is 16.5. The predicted molar refractivity (Wildman–Crippen MR) is 56.7 cm³/mol. The lowest BCUT2D eigenvalue weighted by Gasteiger charge is -2.06. The van der Waals surface area contributed by atoms with Crippen molar-refractivity contribution < 1.29 is 9.52 Å². The zero-order chi connectivity index (χ0) is 10.3. The molecular formula is C12H14O2. The Morgan fingerprint density at radius 1 is 1.29 bits per heavy atom. The fraction of sp³-hybridized carbons (Fsp3) is 0.333. The van der Waals surface area contributed by atoms with E-state index in [4.69, 9.17) is 4.42 Å². The average molecular weight is 190 g/mol. The molecule has 1 aromatic carbocycles. The van der Waals surface area contributed by atoms with Gasteiger partial charge >= 0.3 is 0 Å². The van der Waals surface area contributed by atoms with E-state index in [1.807, 2.05) is 19.1 Å². The van der Waals surface area contributed by atoms with E-state index in [1.54, 1.807) is 0 Å². The Kier molecular flexibility index (Phi) is 1.99. The highest BCUT2D eigenvalue weighted by molar-refractivity contribution is 5.86. The molecule has 1 aromatic heterocycles. The molecule has 0 saturated carbocycles. The highest BCUT2D eigenvalue weighted by Gasteiger charge is 2.14. The van der Waals surface area contributed by atoms with Gasteiger partial charge < -0.3 is 9.52 Å². The van der Waals surface area contributed by atoms with Crippen LogP contribution >= 0.6 is 0 Å². The topological polar surface area (TPSA) is 33.4 Å². The molecule has 1 N–H and O–H groups in total. The van der Waals surface area contributed by atoms with Gasteiger partial charge in [-0.2, -0.15) is 0 Å². The van der Waals surface area contributed by atoms with Crippen molar-refractivity contribution in [3.63, 3.8) is 0 Å². The SMILES string of the molecule is Cc1c(O)oc2cccc(C(C)C)c12. The molecule has 0 atom stereocenters. The van der Waals surface area contributed by atoms with Gasteiger partial charge in [-0.1, -0.05) is 26.0 Å². The molecule has 0 radical (unpaired) electrons. The van der Waals surface area contributed by atoms with Gasteiger partial charge in [-0.15, -0.1) is 0 Å². The van der Waals surface area contributed by atoms with Crippen molar-refractivity contribution in [1.82, 2.24) is 0 Å². The monoisotopic (exact) mass is 190 g/mol. The lowest BCUT2D eigenvalue weighted by Crippen LogP contribution is -1.88. The molecule has 0 bridgehead atoms. The Morgan fingerprint density at radius 2 is 2.00 bits per heavy atom. The zero-order valence-electron chi connectivity index (χ0n) is 8.66. The smallest absolute Gasteiger partial charge is 0.286 e. The number of aromatic hydroxyl groups is 1. The summed E-state index contributed by atoms with van der Waals surface area (Å²) in [5, 5.41) is 10.5. The number of furan rings is 1. The first-order chi connectivity index (χ1) is 6.61. The number of aryl methyl sites for hydroxylation is 1. The van der Waals surface area contributed by atoms with Crippen LogP contribution in [0.4, 0.5) is 0 Å². The summed E-state index contributed by atoms with van der Waals surface area (Å²) < 4.78 is 5.25. The summed E-state index contributed by atoms with van der Waals surface area (Å²) in [5.74, 6) is 0.475. The lowest BCUT2D eigenvalue weighted by atomic mass is 9.97. The molecule has 0 saturated heterocycles. The van der Waals surface area contributed by atoms with E-state index < -0.39 is 0 Å². The molecule has 14 heavy (non-hydrogen) atoms. The van der Waals surface area contributed by atoms with Crippen molar-refractivity contribution in [3.05, 3.63) is 29.3 Å². The quantitative estimate of drug-likeness (QED) is 0.745. The van der Waals surface area contributed by atoms with E-state index >= 15 is 0 Å². The van der Waals surface area contributed by atoms with Crippen molar-refractivity contribution in [1.29, 1.82) is 0 Å². The standard InChI is InChI=1S/C12H14O2/c1-7(2)9-5-4-6-10-11(9)8(3)12(13)14-10/h4-7,13H,1-3H3. The number of hydrogen-bond donors (Lipinski definition) is 1. The average Bonchev–Trinajstić information content (AvgIpc) is 2.43. The Balaban J connectivity index is 2.84. The first-order valence-electron chi connectivity index (χ1n) is 4.82. The van der Waals surface area contributed by atoms with Gasteiger partial charge in [0, 0.05) is 10.9 Å². The molecule has 74 valence electrons. The van der Waals surface area contributed by atoms with Crippen LogP contribution in [0.2, 0.25) is 0 Å². The van der Waals surface area contributed by atoms with Gasteiger partial charge in [0.15, 0.2) is 0 Å². The van der Waals surface area contributed by atoms with E-state index in [0.29, 0.717) is 5.92 Å². The van der Waals surface area contributed by atoms with Crippen LogP contribution in [0.15, 0.2) is 22.6 Å². The van der Waals surface area contributed by atoms with Crippen molar-refractivity contribution in [3.8, 4) is 5.95 Å². The van der Waals surface area contributed by atoms with Gasteiger partial charge in [0.1, 0.15) is 5.58 Å². The summed E-state index contributed by atoms with van der Waals surface area (Å²) in [6.07, 6.45) is 0. The van der Waals surface area contributed by atoms with E-state index in [2.05, 4.69) is 19.9 Å². The molecule has 0 aliphatic carbocycles. The summed E-state index contributed by atoms with van der Waals surface area (Å²) in [6, 6.07) is 5.92. The first-order valence-corrected chi connectivity index (χ1v) is 4.82. The second kappa shape index (κ2) is 3.05. The summed E-state index contributed by atoms with van der Waals surface area (Å²) in [6.45, 7) is 6.16. The Labute approximate surface area is 83.2 Å². The van der Waals surface area contributed by atoms with Gasteiger partial charge in [0.05, 0.1) is 0 Å². The van der Waals surface area contributed by atoms with Crippen LogP contribution in [0.5, 0.6) is 5.95 Å². The maximum absolute atomic E-state index is 9.48. The van der Waals surface area contributed by atoms with Gasteiger partial charge in [0.25, 0.3) is 5.95 Å².